The summed E-state index contributed by atoms with van der Waals surface area (Å²) in [6.07, 6.45) is 0. The first-order valence-corrected chi connectivity index (χ1v) is 5.08. The summed E-state index contributed by atoms with van der Waals surface area (Å²) in [5.41, 5.74) is 9.06. The molecule has 0 aromatic heterocycles. The van der Waals surface area contributed by atoms with E-state index in [1.165, 1.54) is 0 Å². The molecule has 82 valence electrons. The molecule has 0 spiro atoms. The molecule has 0 unspecified atom stereocenters. The highest BCUT2D eigenvalue weighted by Crippen LogP contribution is 2.35. The van der Waals surface area contributed by atoms with E-state index in [1.54, 1.807) is 12.1 Å². The second-order valence-electron chi connectivity index (χ2n) is 3.57. The number of anilines is 2. The van der Waals surface area contributed by atoms with Crippen molar-refractivity contribution >= 4 is 11.4 Å². The minimum atomic E-state index is 0.254. The van der Waals surface area contributed by atoms with Crippen molar-refractivity contribution in [2.45, 2.75) is 0 Å². The lowest BCUT2D eigenvalue weighted by atomic mass is 10.0. The van der Waals surface area contributed by atoms with Gasteiger partial charge in [-0.15, -0.1) is 0 Å². The maximum absolute atomic E-state index is 9.81. The number of aromatic hydroxyl groups is 1. The van der Waals surface area contributed by atoms with Gasteiger partial charge in [-0.2, -0.15) is 0 Å². The minimum absolute atomic E-state index is 0.254. The average molecular weight is 214 g/mol. The van der Waals surface area contributed by atoms with Crippen molar-refractivity contribution in [2.75, 3.05) is 18.1 Å². The van der Waals surface area contributed by atoms with E-state index in [-0.39, 0.29) is 5.75 Å². The molecule has 16 heavy (non-hydrogen) atoms. The van der Waals surface area contributed by atoms with Crippen LogP contribution in [0, 0.1) is 0 Å². The molecule has 4 N–H and O–H groups in total. The molecule has 2 rings (SSSR count). The zero-order chi connectivity index (χ0) is 11.5. The zero-order valence-corrected chi connectivity index (χ0v) is 9.07. The number of nitrogens with two attached hydrogens (primary N) is 1. The van der Waals surface area contributed by atoms with Crippen molar-refractivity contribution < 1.29 is 5.11 Å². The van der Waals surface area contributed by atoms with E-state index in [0.29, 0.717) is 5.69 Å². The summed E-state index contributed by atoms with van der Waals surface area (Å²) < 4.78 is 0. The fourth-order valence-corrected chi connectivity index (χ4v) is 1.70. The van der Waals surface area contributed by atoms with Gasteiger partial charge in [-0.1, -0.05) is 18.2 Å². The highest BCUT2D eigenvalue weighted by molar-refractivity contribution is 5.83. The van der Waals surface area contributed by atoms with Crippen molar-refractivity contribution in [1.82, 2.24) is 0 Å². The van der Waals surface area contributed by atoms with Crippen LogP contribution in [0.3, 0.4) is 0 Å². The smallest absolute Gasteiger partial charge is 0.123 e. The Kier molecular flexibility index (Phi) is 2.68. The van der Waals surface area contributed by atoms with Gasteiger partial charge in [-0.05, 0) is 24.3 Å². The van der Waals surface area contributed by atoms with Crippen LogP contribution in [0.15, 0.2) is 42.5 Å². The molecule has 0 saturated carbocycles. The lowest BCUT2D eigenvalue weighted by molar-refractivity contribution is 0.477. The number of phenolic OH excluding ortho intramolecular Hbond substituents is 1. The Morgan fingerprint density at radius 2 is 1.81 bits per heavy atom. The van der Waals surface area contributed by atoms with Crippen molar-refractivity contribution in [3.63, 3.8) is 0 Å². The first-order valence-electron chi connectivity index (χ1n) is 5.08. The van der Waals surface area contributed by atoms with Crippen LogP contribution in [0.5, 0.6) is 5.75 Å². The molecule has 0 aliphatic rings. The van der Waals surface area contributed by atoms with Crippen LogP contribution in [0.2, 0.25) is 0 Å². The predicted octanol–water partition coefficient (Wildman–Crippen LogP) is 2.68. The second-order valence-corrected chi connectivity index (χ2v) is 3.57. The maximum Gasteiger partial charge on any atom is 0.123 e. The average Bonchev–Trinajstić information content (AvgIpc) is 2.29. The molecule has 0 atom stereocenters. The molecule has 2 aromatic rings. The van der Waals surface area contributed by atoms with E-state index < -0.39 is 0 Å². The van der Waals surface area contributed by atoms with E-state index in [4.69, 9.17) is 5.73 Å². The standard InChI is InChI=1S/C13H14N2O/c1-15-12-7-6-9(14)8-11(12)10-4-2-3-5-13(10)16/h2-8,15-16H,14H2,1H3. The fraction of sp³-hybridized carbons (Fsp3) is 0.0769. The second kappa shape index (κ2) is 4.14. The summed E-state index contributed by atoms with van der Waals surface area (Å²) in [6, 6.07) is 12.8. The van der Waals surface area contributed by atoms with Crippen LogP contribution >= 0.6 is 0 Å². The Morgan fingerprint density at radius 3 is 2.50 bits per heavy atom. The summed E-state index contributed by atoms with van der Waals surface area (Å²) >= 11 is 0. The van der Waals surface area contributed by atoms with Crippen LogP contribution in [0.1, 0.15) is 0 Å². The van der Waals surface area contributed by atoms with E-state index in [1.807, 2.05) is 37.4 Å². The quantitative estimate of drug-likeness (QED) is 0.673. The van der Waals surface area contributed by atoms with E-state index >= 15 is 0 Å². The number of nitrogens with one attached hydrogen (secondary N) is 1. The number of hydrogen-bond acceptors (Lipinski definition) is 3. The van der Waals surface area contributed by atoms with Crippen molar-refractivity contribution in [3.05, 3.63) is 42.5 Å². The lowest BCUT2D eigenvalue weighted by Gasteiger charge is -2.11. The first-order chi connectivity index (χ1) is 7.72. The van der Waals surface area contributed by atoms with Gasteiger partial charge in [0.2, 0.25) is 0 Å². The zero-order valence-electron chi connectivity index (χ0n) is 9.07. The Hall–Kier alpha value is -2.16. The van der Waals surface area contributed by atoms with E-state index in [0.717, 1.165) is 16.8 Å². The third kappa shape index (κ3) is 1.80. The van der Waals surface area contributed by atoms with Gasteiger partial charge in [0.25, 0.3) is 0 Å². The largest absolute Gasteiger partial charge is 0.507 e. The Balaban J connectivity index is 2.63. The van der Waals surface area contributed by atoms with Crippen LogP contribution in [0.4, 0.5) is 11.4 Å². The normalized spacial score (nSPS) is 10.1. The maximum atomic E-state index is 9.81. The number of benzene rings is 2. The number of hydrogen-bond donors (Lipinski definition) is 3. The highest BCUT2D eigenvalue weighted by atomic mass is 16.3. The van der Waals surface area contributed by atoms with Gasteiger partial charge in [0, 0.05) is 29.5 Å². The first kappa shape index (κ1) is 10.4. The molecule has 3 heteroatoms. The number of phenols is 1. The topological polar surface area (TPSA) is 58.3 Å². The summed E-state index contributed by atoms with van der Waals surface area (Å²) in [6.45, 7) is 0. The molecule has 0 fully saturated rings. The molecule has 2 aromatic carbocycles. The molecule has 3 nitrogen and oxygen atoms in total. The third-order valence-corrected chi connectivity index (χ3v) is 2.51. The van der Waals surface area contributed by atoms with Crippen LogP contribution < -0.4 is 11.1 Å². The Labute approximate surface area is 94.5 Å². The van der Waals surface area contributed by atoms with Gasteiger partial charge in [-0.25, -0.2) is 0 Å². The molecule has 0 saturated heterocycles. The van der Waals surface area contributed by atoms with Gasteiger partial charge in [0.15, 0.2) is 0 Å². The number of nitrogen functional groups attached to an aromatic ring is 1. The van der Waals surface area contributed by atoms with Gasteiger partial charge >= 0.3 is 0 Å². The summed E-state index contributed by atoms with van der Waals surface area (Å²) in [5, 5.41) is 12.9. The summed E-state index contributed by atoms with van der Waals surface area (Å²) in [7, 11) is 1.84. The van der Waals surface area contributed by atoms with Crippen molar-refractivity contribution in [1.29, 1.82) is 0 Å². The van der Waals surface area contributed by atoms with Crippen LogP contribution in [-0.2, 0) is 0 Å². The number of para-hydroxylation sites is 1. The molecule has 0 amide bonds. The Morgan fingerprint density at radius 1 is 1.06 bits per heavy atom. The predicted molar refractivity (Wildman–Crippen MR) is 67.5 cm³/mol. The summed E-state index contributed by atoms with van der Waals surface area (Å²) in [4.78, 5) is 0. The van der Waals surface area contributed by atoms with Gasteiger partial charge in [0.05, 0.1) is 0 Å². The highest BCUT2D eigenvalue weighted by Gasteiger charge is 2.08. The lowest BCUT2D eigenvalue weighted by Crippen LogP contribution is -1.94. The molecular weight excluding hydrogens is 200 g/mol. The number of rotatable bonds is 2. The monoisotopic (exact) mass is 214 g/mol. The SMILES string of the molecule is CNc1ccc(N)cc1-c1ccccc1O. The Bertz CT molecular complexity index is 509. The fourth-order valence-electron chi connectivity index (χ4n) is 1.70. The molecule has 0 aliphatic carbocycles. The molecule has 0 aliphatic heterocycles. The van der Waals surface area contributed by atoms with E-state index in [9.17, 15) is 5.11 Å². The van der Waals surface area contributed by atoms with Gasteiger partial charge < -0.3 is 16.2 Å². The third-order valence-electron chi connectivity index (χ3n) is 2.51. The summed E-state index contributed by atoms with van der Waals surface area (Å²) in [5.74, 6) is 0.254. The van der Waals surface area contributed by atoms with Crippen molar-refractivity contribution in [2.24, 2.45) is 0 Å². The minimum Gasteiger partial charge on any atom is -0.507 e. The molecule has 0 bridgehead atoms. The van der Waals surface area contributed by atoms with Gasteiger partial charge in [0.1, 0.15) is 5.75 Å². The van der Waals surface area contributed by atoms with Crippen LogP contribution in [0.25, 0.3) is 11.1 Å². The van der Waals surface area contributed by atoms with E-state index in [2.05, 4.69) is 5.32 Å². The van der Waals surface area contributed by atoms with Gasteiger partial charge in [-0.3, -0.25) is 0 Å². The van der Waals surface area contributed by atoms with Crippen molar-refractivity contribution in [3.8, 4) is 16.9 Å². The molecule has 0 heterocycles. The molecular formula is C13H14N2O. The molecule has 0 radical (unpaired) electrons. The van der Waals surface area contributed by atoms with Crippen LogP contribution in [-0.4, -0.2) is 12.2 Å².